The van der Waals surface area contributed by atoms with E-state index in [0.29, 0.717) is 30.1 Å². The van der Waals surface area contributed by atoms with Crippen molar-refractivity contribution >= 4 is 27.4 Å². The molecule has 0 saturated carbocycles. The van der Waals surface area contributed by atoms with Crippen molar-refractivity contribution in [1.82, 2.24) is 10.3 Å². The van der Waals surface area contributed by atoms with E-state index in [-0.39, 0.29) is 30.0 Å². The quantitative estimate of drug-likeness (QED) is 0.307. The fourth-order valence-corrected chi connectivity index (χ4v) is 5.43. The molecule has 1 aromatic heterocycles. The summed E-state index contributed by atoms with van der Waals surface area (Å²) in [6.07, 6.45) is -2.22. The molecule has 4 rings (SSSR count). The number of sulfonamides is 1. The maximum Gasteiger partial charge on any atom is 0.433 e. The molecule has 1 aliphatic rings. The predicted octanol–water partition coefficient (Wildman–Crippen LogP) is 5.63. The van der Waals surface area contributed by atoms with E-state index in [9.17, 15) is 35.2 Å². The molecule has 226 valence electrons. The number of nitrogens with zero attached hydrogens (tertiary/aromatic N) is 2. The molecule has 1 fully saturated rings. The Labute approximate surface area is 241 Å². The van der Waals surface area contributed by atoms with Gasteiger partial charge in [0.2, 0.25) is 15.9 Å². The maximum atomic E-state index is 14.9. The number of halogens is 5. The van der Waals surface area contributed by atoms with Crippen molar-refractivity contribution in [2.24, 2.45) is 5.92 Å². The third-order valence-electron chi connectivity index (χ3n) is 7.12. The van der Waals surface area contributed by atoms with Crippen LogP contribution in [0.2, 0.25) is 0 Å². The standard InChI is InChI=1S/C29H31F5N4O3S/c1-18-10-12-38(13-11-18)27-21(7-9-26(36-27)29(32,33)34)17-35-28(39)23(15-19-4-3-5-22(30)14-19)20-6-8-25(24(31)16-20)37-42(2,40)41/h3-9,14,16,18,23,37H,10-13,15,17H2,1-2H3,(H,35,39). The maximum absolute atomic E-state index is 14.9. The number of anilines is 2. The Morgan fingerprint density at radius 2 is 1.79 bits per heavy atom. The number of aromatic nitrogens is 1. The zero-order chi connectivity index (χ0) is 30.7. The number of benzene rings is 2. The Hall–Kier alpha value is -3.74. The molecule has 7 nitrogen and oxygen atoms in total. The lowest BCUT2D eigenvalue weighted by molar-refractivity contribution is -0.141. The molecule has 42 heavy (non-hydrogen) atoms. The Morgan fingerprint density at radius 3 is 2.40 bits per heavy atom. The monoisotopic (exact) mass is 610 g/mol. The topological polar surface area (TPSA) is 91.4 Å². The first-order valence-corrected chi connectivity index (χ1v) is 15.2. The van der Waals surface area contributed by atoms with E-state index in [2.05, 4.69) is 21.9 Å². The first kappa shape index (κ1) is 31.2. The molecule has 1 atom stereocenters. The van der Waals surface area contributed by atoms with Gasteiger partial charge in [0.25, 0.3) is 0 Å². The highest BCUT2D eigenvalue weighted by Crippen LogP contribution is 2.32. The fraction of sp³-hybridized carbons (Fsp3) is 0.379. The number of carbonyl (C=O) groups excluding carboxylic acids is 1. The summed E-state index contributed by atoms with van der Waals surface area (Å²) in [7, 11) is -3.76. The molecule has 3 aromatic rings. The van der Waals surface area contributed by atoms with E-state index in [0.717, 1.165) is 31.2 Å². The number of piperidine rings is 1. The summed E-state index contributed by atoms with van der Waals surface area (Å²) in [6, 6.07) is 11.3. The fourth-order valence-electron chi connectivity index (χ4n) is 4.86. The lowest BCUT2D eigenvalue weighted by Crippen LogP contribution is -2.36. The van der Waals surface area contributed by atoms with Gasteiger partial charge in [-0.15, -0.1) is 0 Å². The molecule has 1 aliphatic heterocycles. The molecule has 1 amide bonds. The van der Waals surface area contributed by atoms with Gasteiger partial charge >= 0.3 is 6.18 Å². The van der Waals surface area contributed by atoms with E-state index in [1.165, 1.54) is 36.4 Å². The minimum Gasteiger partial charge on any atom is -0.356 e. The second kappa shape index (κ2) is 12.6. The number of amides is 1. The minimum absolute atomic E-state index is 0.0238. The smallest absolute Gasteiger partial charge is 0.356 e. The van der Waals surface area contributed by atoms with E-state index in [4.69, 9.17) is 0 Å². The highest BCUT2D eigenvalue weighted by atomic mass is 32.2. The van der Waals surface area contributed by atoms with Crippen molar-refractivity contribution in [3.05, 3.63) is 88.6 Å². The average molecular weight is 611 g/mol. The van der Waals surface area contributed by atoms with Crippen molar-refractivity contribution in [2.45, 2.75) is 44.8 Å². The van der Waals surface area contributed by atoms with Crippen LogP contribution in [0.4, 0.5) is 33.5 Å². The zero-order valence-electron chi connectivity index (χ0n) is 23.0. The summed E-state index contributed by atoms with van der Waals surface area (Å²) >= 11 is 0. The van der Waals surface area contributed by atoms with Crippen LogP contribution < -0.4 is 14.9 Å². The summed E-state index contributed by atoms with van der Waals surface area (Å²) in [5.74, 6) is -2.49. The Morgan fingerprint density at radius 1 is 1.07 bits per heavy atom. The van der Waals surface area contributed by atoms with Crippen molar-refractivity contribution in [3.8, 4) is 0 Å². The summed E-state index contributed by atoms with van der Waals surface area (Å²) in [5, 5.41) is 2.74. The van der Waals surface area contributed by atoms with Gasteiger partial charge in [-0.25, -0.2) is 22.2 Å². The molecule has 2 heterocycles. The van der Waals surface area contributed by atoms with Crippen LogP contribution in [0.25, 0.3) is 0 Å². The van der Waals surface area contributed by atoms with Gasteiger partial charge in [-0.2, -0.15) is 13.2 Å². The van der Waals surface area contributed by atoms with Crippen LogP contribution in [0.15, 0.2) is 54.6 Å². The molecular formula is C29H31F5N4O3S. The summed E-state index contributed by atoms with van der Waals surface area (Å²) < 4.78 is 94.4. The normalized spacial score (nSPS) is 15.4. The second-order valence-electron chi connectivity index (χ2n) is 10.6. The number of hydrogen-bond donors (Lipinski definition) is 2. The lowest BCUT2D eigenvalue weighted by atomic mass is 9.90. The van der Waals surface area contributed by atoms with Crippen LogP contribution in [0.3, 0.4) is 0 Å². The van der Waals surface area contributed by atoms with Crippen LogP contribution in [-0.4, -0.2) is 38.7 Å². The largest absolute Gasteiger partial charge is 0.433 e. The Kier molecular flexibility index (Phi) is 9.39. The minimum atomic E-state index is -4.64. The van der Waals surface area contributed by atoms with Crippen molar-refractivity contribution < 1.29 is 35.2 Å². The number of nitrogens with one attached hydrogen (secondary N) is 2. The van der Waals surface area contributed by atoms with Gasteiger partial charge < -0.3 is 10.2 Å². The number of hydrogen-bond acceptors (Lipinski definition) is 5. The number of rotatable bonds is 9. The van der Waals surface area contributed by atoms with Crippen molar-refractivity contribution in [1.29, 1.82) is 0 Å². The molecule has 2 aromatic carbocycles. The van der Waals surface area contributed by atoms with Crippen molar-refractivity contribution in [2.75, 3.05) is 29.0 Å². The molecule has 0 radical (unpaired) electrons. The molecule has 0 spiro atoms. The molecule has 0 bridgehead atoms. The van der Waals surface area contributed by atoms with Gasteiger partial charge in [0.1, 0.15) is 23.1 Å². The van der Waals surface area contributed by atoms with Crippen LogP contribution in [0.5, 0.6) is 0 Å². The van der Waals surface area contributed by atoms with E-state index < -0.39 is 45.4 Å². The summed E-state index contributed by atoms with van der Waals surface area (Å²) in [4.78, 5) is 19.2. The first-order valence-electron chi connectivity index (χ1n) is 13.3. The highest BCUT2D eigenvalue weighted by Gasteiger charge is 2.34. The third-order valence-corrected chi connectivity index (χ3v) is 7.71. The second-order valence-corrected chi connectivity index (χ2v) is 12.3. The van der Waals surface area contributed by atoms with Crippen molar-refractivity contribution in [3.63, 3.8) is 0 Å². The zero-order valence-corrected chi connectivity index (χ0v) is 23.8. The highest BCUT2D eigenvalue weighted by molar-refractivity contribution is 7.92. The number of alkyl halides is 3. The molecule has 1 unspecified atom stereocenters. The average Bonchev–Trinajstić information content (AvgIpc) is 2.91. The summed E-state index contributed by atoms with van der Waals surface area (Å²) in [6.45, 7) is 2.96. The molecular weight excluding hydrogens is 579 g/mol. The molecule has 13 heteroatoms. The van der Waals surface area contributed by atoms with Crippen LogP contribution >= 0.6 is 0 Å². The number of carbonyl (C=O) groups is 1. The summed E-state index contributed by atoms with van der Waals surface area (Å²) in [5.41, 5.74) is -0.303. The molecule has 0 aliphatic carbocycles. The predicted molar refractivity (Wildman–Crippen MR) is 149 cm³/mol. The van der Waals surface area contributed by atoms with Crippen LogP contribution in [-0.2, 0) is 34.0 Å². The van der Waals surface area contributed by atoms with Gasteiger partial charge in [0, 0.05) is 25.2 Å². The van der Waals surface area contributed by atoms with E-state index in [1.807, 2.05) is 0 Å². The van der Waals surface area contributed by atoms with Crippen LogP contribution in [0, 0.1) is 17.6 Å². The molecule has 2 N–H and O–H groups in total. The SMILES string of the molecule is CC1CCN(c2nc(C(F)(F)F)ccc2CNC(=O)C(Cc2cccc(F)c2)c2ccc(NS(C)(=O)=O)c(F)c2)CC1. The lowest BCUT2D eigenvalue weighted by Gasteiger charge is -2.33. The van der Waals surface area contributed by atoms with Gasteiger partial charge in [-0.3, -0.25) is 9.52 Å². The van der Waals surface area contributed by atoms with Crippen LogP contribution in [0.1, 0.15) is 48.1 Å². The molecule has 1 saturated heterocycles. The third kappa shape index (κ3) is 8.17. The Bertz CT molecular complexity index is 1540. The van der Waals surface area contributed by atoms with E-state index >= 15 is 0 Å². The first-order chi connectivity index (χ1) is 19.7. The number of pyridine rings is 1. The van der Waals surface area contributed by atoms with Gasteiger partial charge in [-0.05, 0) is 66.6 Å². The van der Waals surface area contributed by atoms with Gasteiger partial charge in [0.15, 0.2) is 0 Å². The Balaban J connectivity index is 1.62. The van der Waals surface area contributed by atoms with Gasteiger partial charge in [-0.1, -0.05) is 31.2 Å². The van der Waals surface area contributed by atoms with Gasteiger partial charge in [0.05, 0.1) is 17.9 Å². The van der Waals surface area contributed by atoms with E-state index in [1.54, 1.807) is 11.0 Å².